The highest BCUT2D eigenvalue weighted by molar-refractivity contribution is 6.42. The van der Waals surface area contributed by atoms with Crippen LogP contribution in [0.15, 0.2) is 47.5 Å². The van der Waals surface area contributed by atoms with Gasteiger partial charge in [-0.15, -0.1) is 0 Å². The number of halogens is 2. The molecule has 0 heterocycles. The van der Waals surface area contributed by atoms with Crippen LogP contribution in [0.1, 0.15) is 0 Å². The molecule has 2 rings (SSSR count). The number of nitrogens with zero attached hydrogens (tertiary/aromatic N) is 1. The van der Waals surface area contributed by atoms with Crippen molar-refractivity contribution in [2.24, 2.45) is 4.99 Å². The monoisotopic (exact) mass is 279 g/mol. The Balaban J connectivity index is 2.23. The smallest absolute Gasteiger partial charge is 0.240 e. The molecule has 3 nitrogen and oxygen atoms in total. The molecule has 18 heavy (non-hydrogen) atoms. The first kappa shape index (κ1) is 12.7. The topological polar surface area (TPSA) is 38.7 Å². The second-order valence-electron chi connectivity index (χ2n) is 3.35. The fraction of sp³-hybridized carbons (Fsp3) is 0. The molecule has 5 heteroatoms. The fourth-order valence-corrected chi connectivity index (χ4v) is 1.66. The number of benzene rings is 2. The number of aliphatic imine (C=N–C) groups is 1. The molecule has 0 aliphatic heterocycles. The van der Waals surface area contributed by atoms with Crippen molar-refractivity contribution >= 4 is 35.0 Å². The van der Waals surface area contributed by atoms with Crippen molar-refractivity contribution in [3.63, 3.8) is 0 Å². The summed E-state index contributed by atoms with van der Waals surface area (Å²) in [6.45, 7) is 0. The Morgan fingerprint density at radius 2 is 1.78 bits per heavy atom. The SMILES string of the molecule is O=C=Nc1ccc(Oc2cccc(Cl)c2Cl)cc1. The lowest BCUT2D eigenvalue weighted by Crippen LogP contribution is -1.85. The lowest BCUT2D eigenvalue weighted by Gasteiger charge is -2.08. The van der Waals surface area contributed by atoms with Gasteiger partial charge < -0.3 is 4.74 Å². The van der Waals surface area contributed by atoms with E-state index >= 15 is 0 Å². The van der Waals surface area contributed by atoms with E-state index in [-0.39, 0.29) is 0 Å². The maximum absolute atomic E-state index is 10.1. The summed E-state index contributed by atoms with van der Waals surface area (Å²) in [4.78, 5) is 13.6. The van der Waals surface area contributed by atoms with Crippen molar-refractivity contribution in [1.29, 1.82) is 0 Å². The Hall–Kier alpha value is -1.80. The number of carbonyl (C=O) groups excluding carboxylic acids is 1. The fourth-order valence-electron chi connectivity index (χ4n) is 1.33. The molecule has 90 valence electrons. The molecule has 0 N–H and O–H groups in total. The predicted octanol–water partition coefficient (Wildman–Crippen LogP) is 4.75. The molecule has 0 radical (unpaired) electrons. The van der Waals surface area contributed by atoms with Gasteiger partial charge in [-0.2, -0.15) is 4.99 Å². The van der Waals surface area contributed by atoms with Crippen LogP contribution in [-0.2, 0) is 4.79 Å². The van der Waals surface area contributed by atoms with Crippen molar-refractivity contribution in [3.05, 3.63) is 52.5 Å². The zero-order valence-corrected chi connectivity index (χ0v) is 10.6. The van der Waals surface area contributed by atoms with Gasteiger partial charge in [-0.05, 0) is 36.4 Å². The summed E-state index contributed by atoms with van der Waals surface area (Å²) < 4.78 is 5.57. The summed E-state index contributed by atoms with van der Waals surface area (Å²) in [7, 11) is 0. The Kier molecular flexibility index (Phi) is 4.00. The molecule has 0 atom stereocenters. The highest BCUT2D eigenvalue weighted by Gasteiger charge is 2.06. The van der Waals surface area contributed by atoms with Crippen LogP contribution in [-0.4, -0.2) is 6.08 Å². The lowest BCUT2D eigenvalue weighted by molar-refractivity contribution is 0.483. The summed E-state index contributed by atoms with van der Waals surface area (Å²) in [6.07, 6.45) is 1.47. The summed E-state index contributed by atoms with van der Waals surface area (Å²) >= 11 is 11.9. The van der Waals surface area contributed by atoms with Gasteiger partial charge in [0.2, 0.25) is 6.08 Å². The number of ether oxygens (including phenoxy) is 1. The van der Waals surface area contributed by atoms with E-state index in [4.69, 9.17) is 27.9 Å². The molecular weight excluding hydrogens is 273 g/mol. The molecule has 0 amide bonds. The maximum Gasteiger partial charge on any atom is 0.240 e. The third-order valence-electron chi connectivity index (χ3n) is 2.16. The van der Waals surface area contributed by atoms with Crippen LogP contribution < -0.4 is 4.74 Å². The molecule has 0 aromatic heterocycles. The van der Waals surface area contributed by atoms with Crippen molar-refractivity contribution in [2.45, 2.75) is 0 Å². The number of isocyanates is 1. The first-order chi connectivity index (χ1) is 8.70. The molecule has 0 aliphatic rings. The minimum atomic E-state index is 0.356. The van der Waals surface area contributed by atoms with Crippen LogP contribution in [0.2, 0.25) is 10.0 Å². The molecular formula is C13H7Cl2NO2. The Morgan fingerprint density at radius 1 is 1.06 bits per heavy atom. The van der Waals surface area contributed by atoms with Crippen molar-refractivity contribution < 1.29 is 9.53 Å². The van der Waals surface area contributed by atoms with Gasteiger partial charge in [0.05, 0.1) is 10.7 Å². The van der Waals surface area contributed by atoms with E-state index in [1.807, 2.05) is 0 Å². The minimum absolute atomic E-state index is 0.356. The third kappa shape index (κ3) is 2.90. The van der Waals surface area contributed by atoms with Crippen molar-refractivity contribution in [2.75, 3.05) is 0 Å². The predicted molar refractivity (Wildman–Crippen MR) is 70.8 cm³/mol. The zero-order valence-electron chi connectivity index (χ0n) is 9.06. The van der Waals surface area contributed by atoms with Gasteiger partial charge in [0, 0.05) is 0 Å². The standard InChI is InChI=1S/C13H7Cl2NO2/c14-11-2-1-3-12(13(11)15)18-10-6-4-9(5-7-10)16-8-17/h1-7H. The molecule has 2 aromatic rings. The van der Waals surface area contributed by atoms with E-state index < -0.39 is 0 Å². The van der Waals surface area contributed by atoms with Gasteiger partial charge in [-0.25, -0.2) is 4.79 Å². The zero-order chi connectivity index (χ0) is 13.0. The number of hydrogen-bond donors (Lipinski definition) is 0. The summed E-state index contributed by atoms with van der Waals surface area (Å²) in [5.41, 5.74) is 0.509. The summed E-state index contributed by atoms with van der Waals surface area (Å²) in [5, 5.41) is 0.783. The second-order valence-corrected chi connectivity index (χ2v) is 4.14. The van der Waals surface area contributed by atoms with Gasteiger partial charge in [-0.1, -0.05) is 29.3 Å². The first-order valence-electron chi connectivity index (χ1n) is 5.00. The van der Waals surface area contributed by atoms with Gasteiger partial charge >= 0.3 is 0 Å². The van der Waals surface area contributed by atoms with Crippen LogP contribution in [0, 0.1) is 0 Å². The summed E-state index contributed by atoms with van der Waals surface area (Å²) in [6, 6.07) is 11.8. The first-order valence-corrected chi connectivity index (χ1v) is 5.76. The molecule has 0 unspecified atom stereocenters. The average molecular weight is 280 g/mol. The molecule has 0 bridgehead atoms. The van der Waals surface area contributed by atoms with Crippen LogP contribution in [0.4, 0.5) is 5.69 Å². The van der Waals surface area contributed by atoms with Crippen molar-refractivity contribution in [3.8, 4) is 11.5 Å². The molecule has 0 spiro atoms. The Bertz CT molecular complexity index is 605. The largest absolute Gasteiger partial charge is 0.456 e. The quantitative estimate of drug-likeness (QED) is 0.601. The highest BCUT2D eigenvalue weighted by atomic mass is 35.5. The van der Waals surface area contributed by atoms with Gasteiger partial charge in [0.15, 0.2) is 0 Å². The van der Waals surface area contributed by atoms with E-state index in [1.54, 1.807) is 42.5 Å². The van der Waals surface area contributed by atoms with Gasteiger partial charge in [-0.3, -0.25) is 0 Å². The Morgan fingerprint density at radius 3 is 2.44 bits per heavy atom. The molecule has 0 saturated heterocycles. The van der Waals surface area contributed by atoms with E-state index in [1.165, 1.54) is 6.08 Å². The number of rotatable bonds is 3. The molecule has 2 aromatic carbocycles. The van der Waals surface area contributed by atoms with Gasteiger partial charge in [0.25, 0.3) is 0 Å². The van der Waals surface area contributed by atoms with Crippen LogP contribution in [0.25, 0.3) is 0 Å². The van der Waals surface area contributed by atoms with E-state index in [0.29, 0.717) is 27.2 Å². The van der Waals surface area contributed by atoms with Crippen LogP contribution in [0.3, 0.4) is 0 Å². The second kappa shape index (κ2) is 5.69. The van der Waals surface area contributed by atoms with Crippen LogP contribution >= 0.6 is 23.2 Å². The normalized spacial score (nSPS) is 9.67. The van der Waals surface area contributed by atoms with Gasteiger partial charge in [0.1, 0.15) is 16.5 Å². The van der Waals surface area contributed by atoms with Crippen LogP contribution in [0.5, 0.6) is 11.5 Å². The van der Waals surface area contributed by atoms with E-state index in [9.17, 15) is 4.79 Å². The summed E-state index contributed by atoms with van der Waals surface area (Å²) in [5.74, 6) is 1.04. The maximum atomic E-state index is 10.1. The lowest BCUT2D eigenvalue weighted by atomic mass is 10.3. The highest BCUT2D eigenvalue weighted by Crippen LogP contribution is 2.34. The molecule has 0 saturated carbocycles. The van der Waals surface area contributed by atoms with Crippen molar-refractivity contribution in [1.82, 2.24) is 0 Å². The average Bonchev–Trinajstić information content (AvgIpc) is 2.38. The molecule has 0 aliphatic carbocycles. The number of hydrogen-bond acceptors (Lipinski definition) is 3. The Labute approximate surface area is 114 Å². The third-order valence-corrected chi connectivity index (χ3v) is 2.96. The molecule has 0 fully saturated rings. The van der Waals surface area contributed by atoms with E-state index in [0.717, 1.165) is 0 Å². The minimum Gasteiger partial charge on any atom is -0.456 e. The van der Waals surface area contributed by atoms with E-state index in [2.05, 4.69) is 4.99 Å².